The fourth-order valence-electron chi connectivity index (χ4n) is 3.29. The van der Waals surface area contributed by atoms with E-state index in [1.54, 1.807) is 7.11 Å². The van der Waals surface area contributed by atoms with Gasteiger partial charge in [0, 0.05) is 46.1 Å². The Morgan fingerprint density at radius 1 is 1.26 bits per heavy atom. The van der Waals surface area contributed by atoms with Crippen LogP contribution in [0.5, 0.6) is 0 Å². The van der Waals surface area contributed by atoms with Crippen LogP contribution in [0.25, 0.3) is 0 Å². The number of ether oxygens (including phenoxy) is 1. The Morgan fingerprint density at radius 3 is 2.78 bits per heavy atom. The van der Waals surface area contributed by atoms with Crippen molar-refractivity contribution in [2.75, 3.05) is 26.8 Å². The highest BCUT2D eigenvalue weighted by Crippen LogP contribution is 2.17. The van der Waals surface area contributed by atoms with Crippen LogP contribution in [0.1, 0.15) is 36.6 Å². The highest BCUT2D eigenvalue weighted by molar-refractivity contribution is 5.76. The molecule has 2 aromatic rings. The van der Waals surface area contributed by atoms with Crippen LogP contribution in [0, 0.1) is 5.82 Å². The van der Waals surface area contributed by atoms with Crippen LogP contribution < -0.4 is 5.32 Å². The van der Waals surface area contributed by atoms with Gasteiger partial charge >= 0.3 is 0 Å². The van der Waals surface area contributed by atoms with Crippen molar-refractivity contribution >= 4 is 5.91 Å². The maximum Gasteiger partial charge on any atom is 0.222 e. The highest BCUT2D eigenvalue weighted by Gasteiger charge is 2.22. The number of amides is 1. The summed E-state index contributed by atoms with van der Waals surface area (Å²) in [6.45, 7) is 5.57. The Hall–Kier alpha value is -2.32. The summed E-state index contributed by atoms with van der Waals surface area (Å²) in [7, 11) is 1.58. The van der Waals surface area contributed by atoms with Gasteiger partial charge in [0.25, 0.3) is 0 Å². The van der Waals surface area contributed by atoms with Gasteiger partial charge in [-0.05, 0) is 24.6 Å². The summed E-state index contributed by atoms with van der Waals surface area (Å²) >= 11 is 0. The molecule has 0 saturated carbocycles. The van der Waals surface area contributed by atoms with E-state index in [9.17, 15) is 9.18 Å². The molecule has 8 heteroatoms. The number of carbonyl (C=O) groups excluding carboxylic acids is 1. The van der Waals surface area contributed by atoms with E-state index in [1.165, 1.54) is 12.1 Å². The molecule has 1 aromatic carbocycles. The Balaban J connectivity index is 1.61. The number of aromatic nitrogens is 3. The van der Waals surface area contributed by atoms with Crippen molar-refractivity contribution in [3.63, 3.8) is 0 Å². The average molecular weight is 375 g/mol. The van der Waals surface area contributed by atoms with E-state index in [4.69, 9.17) is 4.74 Å². The number of methoxy groups -OCH3 is 1. The van der Waals surface area contributed by atoms with E-state index < -0.39 is 0 Å². The van der Waals surface area contributed by atoms with Gasteiger partial charge < -0.3 is 14.6 Å². The van der Waals surface area contributed by atoms with Crippen molar-refractivity contribution in [2.45, 2.75) is 38.9 Å². The molecule has 0 unspecified atom stereocenters. The zero-order chi connectivity index (χ0) is 19.2. The molecule has 1 amide bonds. The van der Waals surface area contributed by atoms with Crippen LogP contribution in [-0.4, -0.2) is 52.4 Å². The van der Waals surface area contributed by atoms with E-state index >= 15 is 0 Å². The van der Waals surface area contributed by atoms with Gasteiger partial charge in [-0.1, -0.05) is 12.1 Å². The number of hydrogen-bond acceptors (Lipinski definition) is 5. The molecule has 27 heavy (non-hydrogen) atoms. The van der Waals surface area contributed by atoms with Crippen LogP contribution in [0.15, 0.2) is 24.3 Å². The third kappa shape index (κ3) is 5.11. The van der Waals surface area contributed by atoms with E-state index in [-0.39, 0.29) is 17.8 Å². The summed E-state index contributed by atoms with van der Waals surface area (Å²) in [5, 5.41) is 11.6. The maximum absolute atomic E-state index is 13.1. The number of fused-ring (bicyclic) bond motifs is 1. The van der Waals surface area contributed by atoms with Gasteiger partial charge in [0.1, 0.15) is 11.6 Å². The Bertz CT molecular complexity index is 762. The number of benzene rings is 1. The van der Waals surface area contributed by atoms with Crippen molar-refractivity contribution in [3.05, 3.63) is 47.3 Å². The predicted molar refractivity (Wildman–Crippen MR) is 98.5 cm³/mol. The first-order valence-electron chi connectivity index (χ1n) is 9.24. The number of carbonyl (C=O) groups is 1. The highest BCUT2D eigenvalue weighted by atomic mass is 19.1. The fourth-order valence-corrected chi connectivity index (χ4v) is 3.29. The van der Waals surface area contributed by atoms with Crippen LogP contribution >= 0.6 is 0 Å². The molecule has 0 fully saturated rings. The van der Waals surface area contributed by atoms with Gasteiger partial charge in [0.2, 0.25) is 5.91 Å². The molecule has 1 aromatic heterocycles. The third-order valence-electron chi connectivity index (χ3n) is 4.76. The van der Waals surface area contributed by atoms with Crippen LogP contribution in [0.2, 0.25) is 0 Å². The largest absolute Gasteiger partial charge is 0.384 e. The van der Waals surface area contributed by atoms with Gasteiger partial charge in [-0.3, -0.25) is 9.69 Å². The average Bonchev–Trinajstić information content (AvgIpc) is 2.97. The lowest BCUT2D eigenvalue weighted by atomic mass is 10.2. The Kier molecular flexibility index (Phi) is 6.52. The van der Waals surface area contributed by atoms with Crippen LogP contribution in [0.3, 0.4) is 0 Å². The summed E-state index contributed by atoms with van der Waals surface area (Å²) in [6.07, 6.45) is 1.12. The molecule has 0 saturated heterocycles. The molecule has 0 aliphatic carbocycles. The number of rotatable bonds is 7. The molecule has 146 valence electrons. The molecule has 1 N–H and O–H groups in total. The molecule has 1 atom stereocenters. The van der Waals surface area contributed by atoms with E-state index in [0.29, 0.717) is 13.0 Å². The normalized spacial score (nSPS) is 15.8. The number of hydrogen-bond donors (Lipinski definition) is 1. The fraction of sp³-hybridized carbons (Fsp3) is 0.526. The molecular formula is C19H26FN5O2. The standard InChI is InChI=1S/C19H26FN5O2/c1-14(21-18(26)8-12-27-2)19-23-22-17-7-9-24(10-11-25(17)19)13-15-3-5-16(20)6-4-15/h3-6,14H,7-13H2,1-2H3,(H,21,26)/t14-/m1/s1. The lowest BCUT2D eigenvalue weighted by Gasteiger charge is -2.20. The van der Waals surface area contributed by atoms with Gasteiger partial charge in [-0.15, -0.1) is 10.2 Å². The number of nitrogens with one attached hydrogen (secondary N) is 1. The summed E-state index contributed by atoms with van der Waals surface area (Å²) in [5.74, 6) is 1.43. The van der Waals surface area contributed by atoms with Crippen LogP contribution in [-0.2, 0) is 29.0 Å². The van der Waals surface area contributed by atoms with Crippen molar-refractivity contribution in [3.8, 4) is 0 Å². The third-order valence-corrected chi connectivity index (χ3v) is 4.76. The van der Waals surface area contributed by atoms with Crippen molar-refractivity contribution < 1.29 is 13.9 Å². The molecule has 1 aliphatic heterocycles. The molecule has 7 nitrogen and oxygen atoms in total. The van der Waals surface area contributed by atoms with E-state index in [1.807, 2.05) is 19.1 Å². The second-order valence-electron chi connectivity index (χ2n) is 6.81. The quantitative estimate of drug-likeness (QED) is 0.797. The van der Waals surface area contributed by atoms with Crippen molar-refractivity contribution in [2.24, 2.45) is 0 Å². The minimum atomic E-state index is -0.216. The first kappa shape index (κ1) is 19.4. The second kappa shape index (κ2) is 9.05. The molecule has 3 rings (SSSR count). The van der Waals surface area contributed by atoms with Crippen LogP contribution in [0.4, 0.5) is 4.39 Å². The molecule has 2 heterocycles. The van der Waals surface area contributed by atoms with Gasteiger partial charge in [0.05, 0.1) is 12.6 Å². The summed E-state index contributed by atoms with van der Waals surface area (Å²) in [6, 6.07) is 6.42. The monoisotopic (exact) mass is 375 g/mol. The molecule has 0 bridgehead atoms. The lowest BCUT2D eigenvalue weighted by Crippen LogP contribution is -2.30. The lowest BCUT2D eigenvalue weighted by molar-refractivity contribution is -0.122. The zero-order valence-electron chi connectivity index (χ0n) is 15.8. The zero-order valence-corrected chi connectivity index (χ0v) is 15.8. The molecular weight excluding hydrogens is 349 g/mol. The van der Waals surface area contributed by atoms with Crippen molar-refractivity contribution in [1.29, 1.82) is 0 Å². The first-order chi connectivity index (χ1) is 13.1. The molecule has 0 radical (unpaired) electrons. The van der Waals surface area contributed by atoms with Gasteiger partial charge in [-0.25, -0.2) is 4.39 Å². The predicted octanol–water partition coefficient (Wildman–Crippen LogP) is 1.69. The summed E-state index contributed by atoms with van der Waals surface area (Å²) in [5.41, 5.74) is 1.09. The number of halogens is 1. The Labute approximate surface area is 158 Å². The molecule has 1 aliphatic rings. The minimum absolute atomic E-state index is 0.0618. The van der Waals surface area contributed by atoms with E-state index in [0.717, 1.165) is 49.8 Å². The van der Waals surface area contributed by atoms with Gasteiger partial charge in [-0.2, -0.15) is 0 Å². The summed E-state index contributed by atoms with van der Waals surface area (Å²) < 4.78 is 20.1. The second-order valence-corrected chi connectivity index (χ2v) is 6.81. The Morgan fingerprint density at radius 2 is 2.04 bits per heavy atom. The SMILES string of the molecule is COCCC(=O)N[C@H](C)c1nnc2n1CCN(Cc1ccc(F)cc1)CC2. The first-order valence-corrected chi connectivity index (χ1v) is 9.24. The van der Waals surface area contributed by atoms with E-state index in [2.05, 4.69) is 25.0 Å². The topological polar surface area (TPSA) is 72.3 Å². The maximum atomic E-state index is 13.1. The summed E-state index contributed by atoms with van der Waals surface area (Å²) in [4.78, 5) is 14.3. The number of nitrogens with zero attached hydrogens (tertiary/aromatic N) is 4. The smallest absolute Gasteiger partial charge is 0.222 e. The minimum Gasteiger partial charge on any atom is -0.384 e. The van der Waals surface area contributed by atoms with Gasteiger partial charge in [0.15, 0.2) is 5.82 Å². The van der Waals surface area contributed by atoms with Crippen molar-refractivity contribution in [1.82, 2.24) is 25.0 Å². The molecule has 0 spiro atoms.